The number of rotatable bonds is 3. The van der Waals surface area contributed by atoms with Crippen LogP contribution >= 0.6 is 0 Å². The molecule has 0 aliphatic rings. The Bertz CT molecular complexity index is 1090. The molecule has 2 nitrogen and oxygen atoms in total. The third kappa shape index (κ3) is 2.84. The largest absolute Gasteiger partial charge is 0.566 e. The topological polar surface area (TPSA) is 29.5 Å². The molecule has 3 rings (SSSR count). The fourth-order valence-corrected chi connectivity index (χ4v) is 2.48. The molecule has 0 unspecified atom stereocenters. The van der Waals surface area contributed by atoms with Crippen LogP contribution in [-0.4, -0.2) is 12.1 Å². The Labute approximate surface area is 149 Å². The monoisotopic (exact) mass is 410 g/mol. The van der Waals surface area contributed by atoms with Crippen molar-refractivity contribution in [2.45, 2.75) is 0 Å². The van der Waals surface area contributed by atoms with Crippen molar-refractivity contribution in [3.05, 3.63) is 70.6 Å². The lowest BCUT2D eigenvalue weighted by molar-refractivity contribution is 0.374. The summed E-state index contributed by atoms with van der Waals surface area (Å²) in [5.41, 5.74) is -1.82. The second-order valence-corrected chi connectivity index (χ2v) is 5.39. The average molecular weight is 410 g/mol. The van der Waals surface area contributed by atoms with Crippen LogP contribution in [0.15, 0.2) is 18.2 Å². The molecule has 3 aromatic rings. The molecule has 28 heavy (non-hydrogen) atoms. The van der Waals surface area contributed by atoms with Gasteiger partial charge < -0.3 is 9.68 Å². The number of fused-ring (bicyclic) bond motifs is 1. The first-order valence-electron chi connectivity index (χ1n) is 7.18. The van der Waals surface area contributed by atoms with Crippen LogP contribution in [0.5, 0.6) is 5.75 Å². The van der Waals surface area contributed by atoms with Gasteiger partial charge in [0.1, 0.15) is 5.75 Å². The van der Waals surface area contributed by atoms with Crippen LogP contribution in [0.1, 0.15) is 0 Å². The van der Waals surface area contributed by atoms with Crippen molar-refractivity contribution >= 4 is 23.4 Å². The molecule has 0 aliphatic heterocycles. The van der Waals surface area contributed by atoms with Crippen LogP contribution < -0.4 is 10.1 Å². The minimum atomic E-state index is -2.90. The van der Waals surface area contributed by atoms with Crippen molar-refractivity contribution in [2.24, 2.45) is 0 Å². The molecule has 0 fully saturated rings. The minimum absolute atomic E-state index is 0.761. The maximum Gasteiger partial charge on any atom is 0.566 e. The maximum atomic E-state index is 14.0. The van der Waals surface area contributed by atoms with Gasteiger partial charge in [-0.3, -0.25) is 0 Å². The molecule has 0 bridgehead atoms. The van der Waals surface area contributed by atoms with Gasteiger partial charge in [-0.25, -0.2) is 39.5 Å². The zero-order chi connectivity index (χ0) is 20.9. The zero-order valence-electron chi connectivity index (χ0n) is 13.1. The first-order valence-corrected chi connectivity index (χ1v) is 7.18. The first-order chi connectivity index (χ1) is 13.1. The predicted molar refractivity (Wildman–Crippen MR) is 78.2 cm³/mol. The van der Waals surface area contributed by atoms with E-state index in [2.05, 4.69) is 4.65 Å². The fourth-order valence-electron chi connectivity index (χ4n) is 2.48. The fraction of sp³-hybridized carbons (Fsp3) is 0. The van der Waals surface area contributed by atoms with Gasteiger partial charge in [-0.1, -0.05) is 12.1 Å². The molecule has 3 aromatic carbocycles. The van der Waals surface area contributed by atoms with Crippen molar-refractivity contribution in [1.82, 2.24) is 0 Å². The SMILES string of the molecule is OB(Oc1cccc2c(F)c(F)c(F)c(F)c12)c1c(F)c(F)c(F)c(F)c1F. The van der Waals surface area contributed by atoms with Crippen molar-refractivity contribution in [1.29, 1.82) is 0 Å². The van der Waals surface area contributed by atoms with E-state index in [1.165, 1.54) is 0 Å². The molecule has 146 valence electrons. The Morgan fingerprint density at radius 2 is 1.07 bits per heavy atom. The highest BCUT2D eigenvalue weighted by Gasteiger charge is 2.36. The highest BCUT2D eigenvalue weighted by atomic mass is 19.2. The number of hydrogen-bond donors (Lipinski definition) is 1. The van der Waals surface area contributed by atoms with Crippen molar-refractivity contribution < 1.29 is 49.2 Å². The molecule has 12 heteroatoms. The van der Waals surface area contributed by atoms with Crippen LogP contribution in [0.3, 0.4) is 0 Å². The van der Waals surface area contributed by atoms with E-state index in [4.69, 9.17) is 0 Å². The van der Waals surface area contributed by atoms with E-state index in [0.717, 1.165) is 18.2 Å². The molecule has 0 heterocycles. The van der Waals surface area contributed by atoms with Gasteiger partial charge in [-0.15, -0.1) is 0 Å². The molecule has 0 atom stereocenters. The summed E-state index contributed by atoms with van der Waals surface area (Å²) in [6, 6.07) is 2.48. The maximum absolute atomic E-state index is 14.0. The van der Waals surface area contributed by atoms with E-state index in [1.54, 1.807) is 0 Å². The van der Waals surface area contributed by atoms with Gasteiger partial charge >= 0.3 is 7.12 Å². The summed E-state index contributed by atoms with van der Waals surface area (Å²) in [6.07, 6.45) is 0. The van der Waals surface area contributed by atoms with Crippen LogP contribution in [0, 0.1) is 52.4 Å². The highest BCUT2D eigenvalue weighted by Crippen LogP contribution is 2.33. The molecule has 0 aromatic heterocycles. The van der Waals surface area contributed by atoms with Crippen LogP contribution in [0.4, 0.5) is 39.5 Å². The first kappa shape index (κ1) is 19.9. The molecule has 0 amide bonds. The third-order valence-electron chi connectivity index (χ3n) is 3.79. The van der Waals surface area contributed by atoms with Gasteiger partial charge in [0.15, 0.2) is 52.4 Å². The van der Waals surface area contributed by atoms with Crippen molar-refractivity contribution in [3.8, 4) is 5.75 Å². The van der Waals surface area contributed by atoms with Crippen LogP contribution in [0.25, 0.3) is 10.8 Å². The molecule has 0 saturated carbocycles. The number of halogens is 9. The molecule has 0 saturated heterocycles. The van der Waals surface area contributed by atoms with E-state index in [0.29, 0.717) is 0 Å². The highest BCUT2D eigenvalue weighted by molar-refractivity contribution is 6.61. The van der Waals surface area contributed by atoms with Gasteiger partial charge in [0.2, 0.25) is 0 Å². The summed E-state index contributed by atoms with van der Waals surface area (Å²) in [6.45, 7) is 0. The van der Waals surface area contributed by atoms with Gasteiger partial charge in [0.05, 0.1) is 10.8 Å². The third-order valence-corrected chi connectivity index (χ3v) is 3.79. The molecule has 1 N–H and O–H groups in total. The molecule has 0 spiro atoms. The quantitative estimate of drug-likeness (QED) is 0.308. The summed E-state index contributed by atoms with van der Waals surface area (Å²) < 4.78 is 126. The van der Waals surface area contributed by atoms with Crippen molar-refractivity contribution in [2.75, 3.05) is 0 Å². The van der Waals surface area contributed by atoms with Crippen LogP contribution in [-0.2, 0) is 0 Å². The standard InChI is InChI=1S/C16H4BF9O2/c18-8-4-2-1-3-5(6(4)9(19)13(23)12(8)22)28-17(27)7-10(20)14(24)16(26)15(25)11(7)21/h1-3,27H. The predicted octanol–water partition coefficient (Wildman–Crippen LogP) is 3.86. The second kappa shape index (κ2) is 6.93. The lowest BCUT2D eigenvalue weighted by Crippen LogP contribution is -2.43. The summed E-state index contributed by atoms with van der Waals surface area (Å²) >= 11 is 0. The number of benzene rings is 3. The smallest absolute Gasteiger partial charge is 0.532 e. The molecular formula is C16H4BF9O2. The van der Waals surface area contributed by atoms with Crippen LogP contribution in [0.2, 0.25) is 0 Å². The Kier molecular flexibility index (Phi) is 4.92. The zero-order valence-corrected chi connectivity index (χ0v) is 13.1. The van der Waals surface area contributed by atoms with Gasteiger partial charge in [-0.2, -0.15) is 0 Å². The van der Waals surface area contributed by atoms with Gasteiger partial charge in [0, 0.05) is 5.39 Å². The van der Waals surface area contributed by atoms with E-state index < -0.39 is 81.5 Å². The Balaban J connectivity index is 2.18. The number of hydrogen-bond acceptors (Lipinski definition) is 2. The van der Waals surface area contributed by atoms with E-state index >= 15 is 0 Å². The lowest BCUT2D eigenvalue weighted by atomic mass is 9.78. The summed E-state index contributed by atoms with van der Waals surface area (Å²) in [7, 11) is -2.90. The molecule has 0 radical (unpaired) electrons. The Morgan fingerprint density at radius 3 is 1.64 bits per heavy atom. The minimum Gasteiger partial charge on any atom is -0.532 e. The average Bonchev–Trinajstić information content (AvgIpc) is 2.67. The molecule has 0 aliphatic carbocycles. The second-order valence-electron chi connectivity index (χ2n) is 5.39. The lowest BCUT2D eigenvalue weighted by Gasteiger charge is -2.15. The van der Waals surface area contributed by atoms with E-state index in [9.17, 15) is 44.5 Å². The summed E-state index contributed by atoms with van der Waals surface area (Å²) in [5.74, 6) is -21.3. The van der Waals surface area contributed by atoms with E-state index in [1.807, 2.05) is 0 Å². The summed E-state index contributed by atoms with van der Waals surface area (Å²) in [4.78, 5) is 0. The van der Waals surface area contributed by atoms with E-state index in [-0.39, 0.29) is 0 Å². The summed E-state index contributed by atoms with van der Waals surface area (Å²) in [5, 5.41) is 7.85. The Morgan fingerprint density at radius 1 is 0.607 bits per heavy atom. The Hall–Kier alpha value is -2.89. The van der Waals surface area contributed by atoms with Gasteiger partial charge in [-0.05, 0) is 6.07 Å². The van der Waals surface area contributed by atoms with Gasteiger partial charge in [0.25, 0.3) is 0 Å². The normalized spacial score (nSPS) is 11.2. The molecular weight excluding hydrogens is 406 g/mol. The van der Waals surface area contributed by atoms with Crippen molar-refractivity contribution in [3.63, 3.8) is 0 Å².